The molecule has 0 aromatic carbocycles. The van der Waals surface area contributed by atoms with Crippen LogP contribution in [0.25, 0.3) is 0 Å². The summed E-state index contributed by atoms with van der Waals surface area (Å²) < 4.78 is 13.3. The minimum atomic E-state index is -1.43. The molecule has 0 spiro atoms. The number of rotatable bonds is 1. The maximum absolute atomic E-state index is 13.3. The van der Waals surface area contributed by atoms with Crippen LogP contribution in [0.3, 0.4) is 0 Å². The van der Waals surface area contributed by atoms with Crippen LogP contribution in [0.1, 0.15) is 6.92 Å². The van der Waals surface area contributed by atoms with E-state index in [9.17, 15) is 4.39 Å². The molecule has 1 N–H and O–H groups in total. The first kappa shape index (κ1) is 8.21. The first-order chi connectivity index (χ1) is 5.14. The number of aliphatic hydroxyl groups excluding tert-OH is 1. The van der Waals surface area contributed by atoms with Crippen molar-refractivity contribution < 1.29 is 9.50 Å². The maximum atomic E-state index is 13.3. The predicted octanol–water partition coefficient (Wildman–Crippen LogP) is 1.76. The molecule has 0 saturated carbocycles. The van der Waals surface area contributed by atoms with Gasteiger partial charge in [0, 0.05) is 0 Å². The highest BCUT2D eigenvalue weighted by Gasteiger charge is 2.16. The predicted molar refractivity (Wildman–Crippen MR) is 43.0 cm³/mol. The van der Waals surface area contributed by atoms with Gasteiger partial charge in [-0.1, -0.05) is 18.2 Å². The van der Waals surface area contributed by atoms with Crippen LogP contribution in [0.2, 0.25) is 0 Å². The van der Waals surface area contributed by atoms with Crippen molar-refractivity contribution in [3.8, 4) is 0 Å². The molecule has 0 aliphatic heterocycles. The molecule has 0 bridgehead atoms. The first-order valence-electron chi connectivity index (χ1n) is 3.51. The SMILES string of the molecule is CC1(F)C=CC=CC(CO)=C1. The molecule has 0 amide bonds. The fourth-order valence-corrected chi connectivity index (χ4v) is 0.980. The largest absolute Gasteiger partial charge is 0.392 e. The Kier molecular flexibility index (Phi) is 2.25. The van der Waals surface area contributed by atoms with Gasteiger partial charge < -0.3 is 5.11 Å². The summed E-state index contributed by atoms with van der Waals surface area (Å²) in [6, 6.07) is 0. The quantitative estimate of drug-likeness (QED) is 0.610. The monoisotopic (exact) mass is 154 g/mol. The minimum Gasteiger partial charge on any atom is -0.392 e. The number of hydrogen-bond acceptors (Lipinski definition) is 1. The third kappa shape index (κ3) is 2.31. The van der Waals surface area contributed by atoms with E-state index in [0.717, 1.165) is 0 Å². The Morgan fingerprint density at radius 2 is 2.27 bits per heavy atom. The lowest BCUT2D eigenvalue weighted by Crippen LogP contribution is -2.10. The summed E-state index contributed by atoms with van der Waals surface area (Å²) in [5, 5.41) is 8.73. The zero-order valence-corrected chi connectivity index (χ0v) is 6.42. The molecule has 60 valence electrons. The van der Waals surface area contributed by atoms with Crippen molar-refractivity contribution in [2.75, 3.05) is 6.61 Å². The van der Waals surface area contributed by atoms with E-state index in [4.69, 9.17) is 5.11 Å². The van der Waals surface area contributed by atoms with E-state index in [2.05, 4.69) is 0 Å². The molecule has 1 aliphatic rings. The number of alkyl halides is 1. The number of halogens is 1. The summed E-state index contributed by atoms with van der Waals surface area (Å²) in [4.78, 5) is 0. The molecule has 11 heavy (non-hydrogen) atoms. The standard InChI is InChI=1S/C9H11FO/c1-9(10)5-3-2-4-8(6-9)7-11/h2-6,11H,7H2,1H3. The lowest BCUT2D eigenvalue weighted by Gasteiger charge is -2.09. The van der Waals surface area contributed by atoms with Gasteiger partial charge in [0.1, 0.15) is 5.67 Å². The Hall–Kier alpha value is -0.890. The third-order valence-corrected chi connectivity index (χ3v) is 1.49. The van der Waals surface area contributed by atoms with Crippen LogP contribution in [0.5, 0.6) is 0 Å². The average Bonchev–Trinajstić information content (AvgIpc) is 2.10. The van der Waals surface area contributed by atoms with Crippen molar-refractivity contribution in [1.29, 1.82) is 0 Å². The molecule has 0 aromatic heterocycles. The fourth-order valence-electron chi connectivity index (χ4n) is 0.980. The normalized spacial score (nSPS) is 29.9. The lowest BCUT2D eigenvalue weighted by molar-refractivity contribution is 0.311. The van der Waals surface area contributed by atoms with Crippen molar-refractivity contribution in [3.05, 3.63) is 36.0 Å². The van der Waals surface area contributed by atoms with Crippen molar-refractivity contribution >= 4 is 0 Å². The Morgan fingerprint density at radius 3 is 2.91 bits per heavy atom. The van der Waals surface area contributed by atoms with E-state index < -0.39 is 5.67 Å². The highest BCUT2D eigenvalue weighted by Crippen LogP contribution is 2.19. The second-order valence-electron chi connectivity index (χ2n) is 2.75. The minimum absolute atomic E-state index is 0.113. The highest BCUT2D eigenvalue weighted by atomic mass is 19.1. The van der Waals surface area contributed by atoms with E-state index in [0.29, 0.717) is 5.57 Å². The number of aliphatic hydroxyl groups is 1. The smallest absolute Gasteiger partial charge is 0.145 e. The van der Waals surface area contributed by atoms with Crippen molar-refractivity contribution in [1.82, 2.24) is 0 Å². The van der Waals surface area contributed by atoms with E-state index >= 15 is 0 Å². The Labute approximate surface area is 65.5 Å². The summed E-state index contributed by atoms with van der Waals surface area (Å²) in [7, 11) is 0. The van der Waals surface area contributed by atoms with Gasteiger partial charge in [-0.15, -0.1) is 0 Å². The van der Waals surface area contributed by atoms with E-state index in [-0.39, 0.29) is 6.61 Å². The topological polar surface area (TPSA) is 20.2 Å². The molecule has 1 aliphatic carbocycles. The molecule has 1 unspecified atom stereocenters. The summed E-state index contributed by atoms with van der Waals surface area (Å²) in [6.07, 6.45) is 7.91. The second kappa shape index (κ2) is 3.01. The maximum Gasteiger partial charge on any atom is 0.145 e. The Balaban J connectivity index is 2.90. The van der Waals surface area contributed by atoms with Gasteiger partial charge in [0.25, 0.3) is 0 Å². The van der Waals surface area contributed by atoms with E-state index in [1.165, 1.54) is 19.1 Å². The van der Waals surface area contributed by atoms with Gasteiger partial charge >= 0.3 is 0 Å². The number of allylic oxidation sites excluding steroid dienone is 4. The summed E-state index contributed by atoms with van der Waals surface area (Å²) in [5.74, 6) is 0. The Morgan fingerprint density at radius 1 is 1.55 bits per heavy atom. The third-order valence-electron chi connectivity index (χ3n) is 1.49. The van der Waals surface area contributed by atoms with Gasteiger partial charge in [-0.3, -0.25) is 0 Å². The van der Waals surface area contributed by atoms with Crippen LogP contribution in [-0.2, 0) is 0 Å². The second-order valence-corrected chi connectivity index (χ2v) is 2.75. The zero-order chi connectivity index (χ0) is 8.32. The summed E-state index contributed by atoms with van der Waals surface area (Å²) in [6.45, 7) is 1.34. The lowest BCUT2D eigenvalue weighted by atomic mass is 10.1. The molecular formula is C9H11FO. The molecule has 2 heteroatoms. The van der Waals surface area contributed by atoms with Crippen LogP contribution in [0.4, 0.5) is 4.39 Å². The van der Waals surface area contributed by atoms with Crippen LogP contribution >= 0.6 is 0 Å². The molecule has 0 saturated heterocycles. The van der Waals surface area contributed by atoms with Crippen molar-refractivity contribution in [3.63, 3.8) is 0 Å². The molecule has 1 atom stereocenters. The van der Waals surface area contributed by atoms with Crippen LogP contribution in [0, 0.1) is 0 Å². The van der Waals surface area contributed by atoms with Crippen LogP contribution in [0.15, 0.2) is 36.0 Å². The molecule has 0 heterocycles. The van der Waals surface area contributed by atoms with Crippen LogP contribution in [-0.4, -0.2) is 17.4 Å². The fraction of sp³-hybridized carbons (Fsp3) is 0.333. The average molecular weight is 154 g/mol. The van der Waals surface area contributed by atoms with Gasteiger partial charge in [0.05, 0.1) is 6.61 Å². The van der Waals surface area contributed by atoms with Crippen molar-refractivity contribution in [2.45, 2.75) is 12.6 Å². The molecular weight excluding hydrogens is 143 g/mol. The van der Waals surface area contributed by atoms with E-state index in [1.807, 2.05) is 0 Å². The zero-order valence-electron chi connectivity index (χ0n) is 6.42. The summed E-state index contributed by atoms with van der Waals surface area (Å²) in [5.41, 5.74) is -0.818. The van der Waals surface area contributed by atoms with Crippen molar-refractivity contribution in [2.24, 2.45) is 0 Å². The molecule has 0 radical (unpaired) electrons. The van der Waals surface area contributed by atoms with Gasteiger partial charge in [-0.2, -0.15) is 0 Å². The molecule has 0 fully saturated rings. The van der Waals surface area contributed by atoms with Gasteiger partial charge in [-0.05, 0) is 24.6 Å². The summed E-state index contributed by atoms with van der Waals surface area (Å²) >= 11 is 0. The van der Waals surface area contributed by atoms with Gasteiger partial charge in [-0.25, -0.2) is 4.39 Å². The van der Waals surface area contributed by atoms with E-state index in [1.54, 1.807) is 18.2 Å². The molecule has 1 rings (SSSR count). The number of hydrogen-bond donors (Lipinski definition) is 1. The van der Waals surface area contributed by atoms with Gasteiger partial charge in [0.2, 0.25) is 0 Å². The van der Waals surface area contributed by atoms with Gasteiger partial charge in [0.15, 0.2) is 0 Å². The highest BCUT2D eigenvalue weighted by molar-refractivity contribution is 5.32. The molecule has 1 nitrogen and oxygen atoms in total. The first-order valence-corrected chi connectivity index (χ1v) is 3.51. The van der Waals surface area contributed by atoms with Crippen LogP contribution < -0.4 is 0 Å². The molecule has 0 aromatic rings. The Bertz CT molecular complexity index is 224.